The molecule has 0 aliphatic rings. The number of nitrogens with two attached hydrogens (primary N) is 1. The number of hydrogen-bond acceptors (Lipinski definition) is 5. The Balaban J connectivity index is 2.20. The molecule has 0 saturated carbocycles. The molecule has 0 spiro atoms. The first kappa shape index (κ1) is 14.3. The average molecular weight is 272 g/mol. The van der Waals surface area contributed by atoms with Crippen molar-refractivity contribution in [2.24, 2.45) is 5.73 Å². The van der Waals surface area contributed by atoms with Crippen molar-refractivity contribution in [3.05, 3.63) is 42.2 Å². The SMILES string of the molecule is CC(C)Oc1cc(N(C)c2ccc(CN)cc2)ncn1. The maximum absolute atomic E-state index is 5.60. The Morgan fingerprint density at radius 2 is 1.90 bits per heavy atom. The molecule has 0 unspecified atom stereocenters. The lowest BCUT2D eigenvalue weighted by atomic mass is 10.2. The minimum atomic E-state index is 0.0897. The van der Waals surface area contributed by atoms with Crippen LogP contribution in [0.4, 0.5) is 11.5 Å². The van der Waals surface area contributed by atoms with Crippen LogP contribution < -0.4 is 15.4 Å². The van der Waals surface area contributed by atoms with Crippen LogP contribution in [0.15, 0.2) is 36.7 Å². The zero-order valence-corrected chi connectivity index (χ0v) is 12.1. The Labute approximate surface area is 119 Å². The molecule has 0 bridgehead atoms. The van der Waals surface area contributed by atoms with E-state index < -0.39 is 0 Å². The molecular weight excluding hydrogens is 252 g/mol. The minimum Gasteiger partial charge on any atom is -0.475 e. The summed E-state index contributed by atoms with van der Waals surface area (Å²) in [6.45, 7) is 4.48. The zero-order chi connectivity index (χ0) is 14.5. The summed E-state index contributed by atoms with van der Waals surface area (Å²) < 4.78 is 5.58. The first-order chi connectivity index (χ1) is 9.60. The standard InChI is InChI=1S/C15H20N4O/c1-11(2)20-15-8-14(17-10-18-15)19(3)13-6-4-12(9-16)5-7-13/h4-8,10-11H,9,16H2,1-3H3. The van der Waals surface area contributed by atoms with Gasteiger partial charge in [0, 0.05) is 25.3 Å². The summed E-state index contributed by atoms with van der Waals surface area (Å²) in [5.74, 6) is 1.37. The first-order valence-corrected chi connectivity index (χ1v) is 6.61. The Bertz CT molecular complexity index is 554. The van der Waals surface area contributed by atoms with Gasteiger partial charge in [-0.1, -0.05) is 12.1 Å². The normalized spacial score (nSPS) is 10.7. The molecule has 2 rings (SSSR count). The van der Waals surface area contributed by atoms with Gasteiger partial charge in [0.2, 0.25) is 5.88 Å². The number of nitrogens with zero attached hydrogens (tertiary/aromatic N) is 3. The van der Waals surface area contributed by atoms with E-state index in [1.165, 1.54) is 6.33 Å². The fraction of sp³-hybridized carbons (Fsp3) is 0.333. The maximum Gasteiger partial charge on any atom is 0.218 e. The zero-order valence-electron chi connectivity index (χ0n) is 12.1. The number of rotatable bonds is 5. The fourth-order valence-electron chi connectivity index (χ4n) is 1.81. The molecule has 2 aromatic rings. The molecule has 0 radical (unpaired) electrons. The maximum atomic E-state index is 5.60. The summed E-state index contributed by atoms with van der Waals surface area (Å²) in [6.07, 6.45) is 1.60. The van der Waals surface area contributed by atoms with Crippen LogP contribution in [0.25, 0.3) is 0 Å². The Hall–Kier alpha value is -2.14. The lowest BCUT2D eigenvalue weighted by Gasteiger charge is -2.19. The molecular formula is C15H20N4O. The van der Waals surface area contributed by atoms with Crippen LogP contribution in [0.3, 0.4) is 0 Å². The summed E-state index contributed by atoms with van der Waals surface area (Å²) >= 11 is 0. The summed E-state index contributed by atoms with van der Waals surface area (Å²) in [6, 6.07) is 9.90. The number of hydrogen-bond donors (Lipinski definition) is 1. The molecule has 20 heavy (non-hydrogen) atoms. The van der Waals surface area contributed by atoms with E-state index in [4.69, 9.17) is 10.5 Å². The van der Waals surface area contributed by atoms with Crippen molar-refractivity contribution in [2.45, 2.75) is 26.5 Å². The molecule has 0 amide bonds. The molecule has 0 saturated heterocycles. The van der Waals surface area contributed by atoms with Crippen molar-refractivity contribution in [3.8, 4) is 5.88 Å². The van der Waals surface area contributed by atoms with Crippen LogP contribution in [0, 0.1) is 0 Å². The largest absolute Gasteiger partial charge is 0.475 e. The van der Waals surface area contributed by atoms with E-state index in [1.807, 2.05) is 56.1 Å². The minimum absolute atomic E-state index is 0.0897. The highest BCUT2D eigenvalue weighted by atomic mass is 16.5. The molecule has 1 heterocycles. The highest BCUT2D eigenvalue weighted by Gasteiger charge is 2.08. The topological polar surface area (TPSA) is 64.3 Å². The van der Waals surface area contributed by atoms with Gasteiger partial charge in [0.05, 0.1) is 6.10 Å². The summed E-state index contributed by atoms with van der Waals surface area (Å²) in [5.41, 5.74) is 7.75. The smallest absolute Gasteiger partial charge is 0.218 e. The molecule has 0 aliphatic carbocycles. The second kappa shape index (κ2) is 6.34. The van der Waals surface area contributed by atoms with E-state index in [-0.39, 0.29) is 6.10 Å². The summed E-state index contributed by atoms with van der Waals surface area (Å²) in [4.78, 5) is 10.4. The third-order valence-electron chi connectivity index (χ3n) is 2.89. The van der Waals surface area contributed by atoms with E-state index >= 15 is 0 Å². The number of anilines is 2. The quantitative estimate of drug-likeness (QED) is 0.906. The van der Waals surface area contributed by atoms with Gasteiger partial charge in [0.15, 0.2) is 0 Å². The second-order valence-corrected chi connectivity index (χ2v) is 4.81. The van der Waals surface area contributed by atoms with Crippen LogP contribution in [-0.2, 0) is 6.54 Å². The van der Waals surface area contributed by atoms with Gasteiger partial charge in [0.1, 0.15) is 12.1 Å². The fourth-order valence-corrected chi connectivity index (χ4v) is 1.81. The van der Waals surface area contributed by atoms with E-state index in [1.54, 1.807) is 0 Å². The van der Waals surface area contributed by atoms with Crippen LogP contribution >= 0.6 is 0 Å². The van der Waals surface area contributed by atoms with Gasteiger partial charge in [-0.3, -0.25) is 0 Å². The van der Waals surface area contributed by atoms with E-state index in [0.717, 1.165) is 17.1 Å². The molecule has 5 nitrogen and oxygen atoms in total. The summed E-state index contributed by atoms with van der Waals surface area (Å²) in [7, 11) is 1.96. The summed E-state index contributed by atoms with van der Waals surface area (Å²) in [5, 5.41) is 0. The average Bonchev–Trinajstić information content (AvgIpc) is 2.46. The third-order valence-corrected chi connectivity index (χ3v) is 2.89. The Kier molecular flexibility index (Phi) is 4.53. The van der Waals surface area contributed by atoms with Gasteiger partial charge < -0.3 is 15.4 Å². The van der Waals surface area contributed by atoms with Crippen molar-refractivity contribution in [1.82, 2.24) is 9.97 Å². The van der Waals surface area contributed by atoms with Crippen LogP contribution in [-0.4, -0.2) is 23.1 Å². The van der Waals surface area contributed by atoms with Crippen molar-refractivity contribution in [2.75, 3.05) is 11.9 Å². The van der Waals surface area contributed by atoms with Gasteiger partial charge in [-0.15, -0.1) is 0 Å². The molecule has 0 atom stereocenters. The van der Waals surface area contributed by atoms with Crippen molar-refractivity contribution < 1.29 is 4.74 Å². The molecule has 0 aliphatic heterocycles. The van der Waals surface area contributed by atoms with E-state index in [9.17, 15) is 0 Å². The molecule has 2 N–H and O–H groups in total. The Morgan fingerprint density at radius 1 is 1.20 bits per heavy atom. The van der Waals surface area contributed by atoms with Gasteiger partial charge in [0.25, 0.3) is 0 Å². The van der Waals surface area contributed by atoms with Gasteiger partial charge >= 0.3 is 0 Å². The lowest BCUT2D eigenvalue weighted by molar-refractivity contribution is 0.232. The number of aromatic nitrogens is 2. The monoisotopic (exact) mass is 272 g/mol. The molecule has 106 valence electrons. The third kappa shape index (κ3) is 3.45. The van der Waals surface area contributed by atoms with Crippen molar-refractivity contribution in [1.29, 1.82) is 0 Å². The lowest BCUT2D eigenvalue weighted by Crippen LogP contribution is -2.13. The van der Waals surface area contributed by atoms with Gasteiger partial charge in [-0.2, -0.15) is 0 Å². The number of ether oxygens (including phenoxy) is 1. The molecule has 5 heteroatoms. The molecule has 0 fully saturated rings. The first-order valence-electron chi connectivity index (χ1n) is 6.61. The van der Waals surface area contributed by atoms with E-state index in [2.05, 4.69) is 9.97 Å². The molecule has 1 aromatic carbocycles. The van der Waals surface area contributed by atoms with E-state index in [0.29, 0.717) is 12.4 Å². The highest BCUT2D eigenvalue weighted by molar-refractivity contribution is 5.59. The van der Waals surface area contributed by atoms with Crippen LogP contribution in [0.2, 0.25) is 0 Å². The molecule has 1 aromatic heterocycles. The van der Waals surface area contributed by atoms with Crippen LogP contribution in [0.5, 0.6) is 5.88 Å². The van der Waals surface area contributed by atoms with Crippen LogP contribution in [0.1, 0.15) is 19.4 Å². The predicted octanol–water partition coefficient (Wildman–Crippen LogP) is 2.49. The van der Waals surface area contributed by atoms with Crippen molar-refractivity contribution in [3.63, 3.8) is 0 Å². The van der Waals surface area contributed by atoms with Gasteiger partial charge in [-0.25, -0.2) is 9.97 Å². The Morgan fingerprint density at radius 3 is 2.50 bits per heavy atom. The predicted molar refractivity (Wildman–Crippen MR) is 80.2 cm³/mol. The van der Waals surface area contributed by atoms with Crippen molar-refractivity contribution >= 4 is 11.5 Å². The number of benzene rings is 1. The second-order valence-electron chi connectivity index (χ2n) is 4.81. The van der Waals surface area contributed by atoms with Gasteiger partial charge in [-0.05, 0) is 31.5 Å². The highest BCUT2D eigenvalue weighted by Crippen LogP contribution is 2.24.